The van der Waals surface area contributed by atoms with Gasteiger partial charge >= 0.3 is 0 Å². The van der Waals surface area contributed by atoms with Crippen LogP contribution in [-0.4, -0.2) is 19.7 Å². The smallest absolute Gasteiger partial charge is 0.122 e. The van der Waals surface area contributed by atoms with E-state index in [1.165, 1.54) is 5.56 Å². The SMILES string of the molecule is CCOc1ccccc1C(CN)CCN. The number of ether oxygens (including phenoxy) is 1. The number of hydrogen-bond donors (Lipinski definition) is 2. The Bertz CT molecular complexity index is 289. The fourth-order valence-corrected chi connectivity index (χ4v) is 1.71. The van der Waals surface area contributed by atoms with Crippen molar-refractivity contribution in [2.24, 2.45) is 11.5 Å². The van der Waals surface area contributed by atoms with Gasteiger partial charge < -0.3 is 16.2 Å². The van der Waals surface area contributed by atoms with E-state index in [1.807, 2.05) is 25.1 Å². The summed E-state index contributed by atoms with van der Waals surface area (Å²) >= 11 is 0. The highest BCUT2D eigenvalue weighted by molar-refractivity contribution is 5.36. The highest BCUT2D eigenvalue weighted by Crippen LogP contribution is 2.27. The lowest BCUT2D eigenvalue weighted by atomic mass is 9.95. The lowest BCUT2D eigenvalue weighted by Crippen LogP contribution is -2.17. The van der Waals surface area contributed by atoms with E-state index in [1.54, 1.807) is 0 Å². The molecule has 3 nitrogen and oxygen atoms in total. The van der Waals surface area contributed by atoms with Gasteiger partial charge in [-0.2, -0.15) is 0 Å². The van der Waals surface area contributed by atoms with E-state index in [0.29, 0.717) is 25.6 Å². The first-order valence-electron chi connectivity index (χ1n) is 5.45. The molecule has 1 rings (SSSR count). The van der Waals surface area contributed by atoms with Gasteiger partial charge in [-0.05, 0) is 38.1 Å². The van der Waals surface area contributed by atoms with Crippen molar-refractivity contribution in [2.45, 2.75) is 19.3 Å². The van der Waals surface area contributed by atoms with Crippen molar-refractivity contribution in [1.82, 2.24) is 0 Å². The summed E-state index contributed by atoms with van der Waals surface area (Å²) in [4.78, 5) is 0. The molecule has 0 spiro atoms. The van der Waals surface area contributed by atoms with Gasteiger partial charge in [-0.25, -0.2) is 0 Å². The first-order valence-corrected chi connectivity index (χ1v) is 5.45. The normalized spacial score (nSPS) is 12.5. The van der Waals surface area contributed by atoms with Crippen LogP contribution in [0.25, 0.3) is 0 Å². The zero-order valence-electron chi connectivity index (χ0n) is 9.28. The molecule has 84 valence electrons. The molecule has 1 aromatic carbocycles. The Kier molecular flexibility index (Phi) is 5.15. The van der Waals surface area contributed by atoms with Gasteiger partial charge in [0.1, 0.15) is 5.75 Å². The van der Waals surface area contributed by atoms with E-state index in [9.17, 15) is 0 Å². The van der Waals surface area contributed by atoms with Crippen molar-refractivity contribution in [2.75, 3.05) is 19.7 Å². The first kappa shape index (κ1) is 12.0. The topological polar surface area (TPSA) is 61.3 Å². The second kappa shape index (κ2) is 6.43. The maximum Gasteiger partial charge on any atom is 0.122 e. The van der Waals surface area contributed by atoms with Crippen molar-refractivity contribution in [3.63, 3.8) is 0 Å². The third-order valence-electron chi connectivity index (χ3n) is 2.46. The van der Waals surface area contributed by atoms with E-state index in [4.69, 9.17) is 16.2 Å². The molecule has 0 saturated heterocycles. The van der Waals surface area contributed by atoms with Crippen LogP contribution in [-0.2, 0) is 0 Å². The summed E-state index contributed by atoms with van der Waals surface area (Å²) in [7, 11) is 0. The summed E-state index contributed by atoms with van der Waals surface area (Å²) in [5, 5.41) is 0. The van der Waals surface area contributed by atoms with Crippen LogP contribution in [0.2, 0.25) is 0 Å². The molecule has 0 bridgehead atoms. The summed E-state index contributed by atoms with van der Waals surface area (Å²) < 4.78 is 5.57. The molecule has 0 aliphatic rings. The molecule has 0 aliphatic carbocycles. The van der Waals surface area contributed by atoms with Gasteiger partial charge in [0.2, 0.25) is 0 Å². The second-order valence-corrected chi connectivity index (χ2v) is 3.48. The molecule has 1 atom stereocenters. The molecular formula is C12H20N2O. The Balaban J connectivity index is 2.88. The summed E-state index contributed by atoms with van der Waals surface area (Å²) in [6.45, 7) is 3.93. The minimum Gasteiger partial charge on any atom is -0.494 e. The summed E-state index contributed by atoms with van der Waals surface area (Å²) in [6, 6.07) is 8.04. The van der Waals surface area contributed by atoms with Crippen LogP contribution >= 0.6 is 0 Å². The van der Waals surface area contributed by atoms with Gasteiger partial charge in [-0.3, -0.25) is 0 Å². The summed E-state index contributed by atoms with van der Waals surface area (Å²) in [5.41, 5.74) is 12.5. The Morgan fingerprint density at radius 1 is 1.27 bits per heavy atom. The summed E-state index contributed by atoms with van der Waals surface area (Å²) in [6.07, 6.45) is 0.903. The molecule has 1 unspecified atom stereocenters. The van der Waals surface area contributed by atoms with Gasteiger partial charge in [0.25, 0.3) is 0 Å². The molecule has 0 saturated carbocycles. The number of rotatable bonds is 6. The lowest BCUT2D eigenvalue weighted by molar-refractivity contribution is 0.333. The minimum atomic E-state index is 0.303. The van der Waals surface area contributed by atoms with Crippen LogP contribution in [0.15, 0.2) is 24.3 Å². The van der Waals surface area contributed by atoms with E-state index in [0.717, 1.165) is 12.2 Å². The molecule has 3 heteroatoms. The van der Waals surface area contributed by atoms with Crippen LogP contribution in [0.4, 0.5) is 0 Å². The molecule has 15 heavy (non-hydrogen) atoms. The Labute approximate surface area is 91.4 Å². The maximum absolute atomic E-state index is 5.74. The summed E-state index contributed by atoms with van der Waals surface area (Å²) in [5.74, 6) is 1.24. The van der Waals surface area contributed by atoms with Crippen molar-refractivity contribution >= 4 is 0 Å². The third-order valence-corrected chi connectivity index (χ3v) is 2.46. The van der Waals surface area contributed by atoms with Crippen molar-refractivity contribution < 1.29 is 4.74 Å². The molecular weight excluding hydrogens is 188 g/mol. The lowest BCUT2D eigenvalue weighted by Gasteiger charge is -2.17. The van der Waals surface area contributed by atoms with Crippen molar-refractivity contribution in [3.8, 4) is 5.75 Å². The van der Waals surface area contributed by atoms with Gasteiger partial charge in [0.05, 0.1) is 6.61 Å². The quantitative estimate of drug-likeness (QED) is 0.744. The molecule has 4 N–H and O–H groups in total. The van der Waals surface area contributed by atoms with Gasteiger partial charge in [0.15, 0.2) is 0 Å². The molecule has 0 aliphatic heterocycles. The van der Waals surface area contributed by atoms with E-state index >= 15 is 0 Å². The van der Waals surface area contributed by atoms with E-state index in [-0.39, 0.29) is 0 Å². The van der Waals surface area contributed by atoms with Crippen LogP contribution in [0.1, 0.15) is 24.8 Å². The van der Waals surface area contributed by atoms with Gasteiger partial charge in [-0.15, -0.1) is 0 Å². The third kappa shape index (κ3) is 3.22. The highest BCUT2D eigenvalue weighted by Gasteiger charge is 2.13. The number of benzene rings is 1. The predicted octanol–water partition coefficient (Wildman–Crippen LogP) is 1.48. The fourth-order valence-electron chi connectivity index (χ4n) is 1.71. The highest BCUT2D eigenvalue weighted by atomic mass is 16.5. The Hall–Kier alpha value is -1.06. The standard InChI is InChI=1S/C12H20N2O/c1-2-15-12-6-4-3-5-11(12)10(9-14)7-8-13/h3-6,10H,2,7-9,13-14H2,1H3. The predicted molar refractivity (Wildman–Crippen MR) is 63.1 cm³/mol. The average molecular weight is 208 g/mol. The molecule has 0 fully saturated rings. The van der Waals surface area contributed by atoms with Crippen molar-refractivity contribution in [3.05, 3.63) is 29.8 Å². The van der Waals surface area contributed by atoms with Crippen LogP contribution in [0.3, 0.4) is 0 Å². The fraction of sp³-hybridized carbons (Fsp3) is 0.500. The molecule has 0 amide bonds. The molecule has 0 radical (unpaired) electrons. The maximum atomic E-state index is 5.74. The monoisotopic (exact) mass is 208 g/mol. The van der Waals surface area contributed by atoms with Crippen LogP contribution in [0.5, 0.6) is 5.75 Å². The zero-order valence-corrected chi connectivity index (χ0v) is 9.28. The van der Waals surface area contributed by atoms with Gasteiger partial charge in [0, 0.05) is 5.92 Å². The van der Waals surface area contributed by atoms with Gasteiger partial charge in [-0.1, -0.05) is 18.2 Å². The van der Waals surface area contributed by atoms with Crippen LogP contribution in [0, 0.1) is 0 Å². The Morgan fingerprint density at radius 3 is 2.60 bits per heavy atom. The average Bonchev–Trinajstić information content (AvgIpc) is 2.27. The molecule has 0 heterocycles. The minimum absolute atomic E-state index is 0.303. The number of nitrogens with two attached hydrogens (primary N) is 2. The van der Waals surface area contributed by atoms with Crippen LogP contribution < -0.4 is 16.2 Å². The van der Waals surface area contributed by atoms with E-state index < -0.39 is 0 Å². The number of para-hydroxylation sites is 1. The molecule has 0 aromatic heterocycles. The second-order valence-electron chi connectivity index (χ2n) is 3.48. The van der Waals surface area contributed by atoms with E-state index in [2.05, 4.69) is 6.07 Å². The zero-order chi connectivity index (χ0) is 11.1. The Morgan fingerprint density at radius 2 is 2.00 bits per heavy atom. The van der Waals surface area contributed by atoms with Crippen molar-refractivity contribution in [1.29, 1.82) is 0 Å². The first-order chi connectivity index (χ1) is 7.33. The largest absolute Gasteiger partial charge is 0.494 e. The molecule has 1 aromatic rings. The number of hydrogen-bond acceptors (Lipinski definition) is 3.